The molecule has 0 heterocycles. The minimum absolute atomic E-state index is 0. The molecule has 0 saturated heterocycles. The van der Waals surface area contributed by atoms with Crippen LogP contribution in [0.1, 0.15) is 0 Å². The van der Waals surface area contributed by atoms with Crippen molar-refractivity contribution in [3.63, 3.8) is 0 Å². The van der Waals surface area contributed by atoms with Gasteiger partial charge in [0.2, 0.25) is 0 Å². The van der Waals surface area contributed by atoms with Crippen LogP contribution in [-0.4, -0.2) is 3.53 Å². The molecule has 0 aliphatic heterocycles. The van der Waals surface area contributed by atoms with Gasteiger partial charge in [-0.2, -0.15) is 0 Å². The van der Waals surface area contributed by atoms with Crippen LogP contribution in [-0.2, 0) is 42.3 Å². The molecule has 0 aromatic rings. The predicted octanol–water partition coefficient (Wildman–Crippen LogP) is 0.363. The van der Waals surface area contributed by atoms with Gasteiger partial charge in [0.1, 0.15) is 0 Å². The second kappa shape index (κ2) is 5.05. The fourth-order valence-corrected chi connectivity index (χ4v) is 0. The number of thiocarbonyl (C=S) groups is 1. The number of hydrogen-bond acceptors (Lipinski definition) is 3. The number of rotatable bonds is 0. The molecule has 0 fully saturated rings. The summed E-state index contributed by atoms with van der Waals surface area (Å²) in [7, 11) is 0. The molecule has 0 aromatic heterocycles. The van der Waals surface area contributed by atoms with Crippen molar-refractivity contribution in [1.82, 2.24) is 0 Å². The SMILES string of the molecule is S=C([S-])[S-].[Fe+2]. The monoisotopic (exact) mass is 164 g/mol. The van der Waals surface area contributed by atoms with Gasteiger partial charge < -0.3 is 37.5 Å². The third kappa shape index (κ3) is 42.6. The molecule has 0 aromatic carbocycles. The average molecular weight is 164 g/mol. The molecule has 0 amide bonds. The Morgan fingerprint density at radius 2 is 1.40 bits per heavy atom. The summed E-state index contributed by atoms with van der Waals surface area (Å²) in [6, 6.07) is 0. The van der Waals surface area contributed by atoms with Crippen LogP contribution < -0.4 is 0 Å². The molecule has 0 rings (SSSR count). The van der Waals surface area contributed by atoms with E-state index in [1.54, 1.807) is 0 Å². The molecule has 0 saturated carbocycles. The van der Waals surface area contributed by atoms with Crippen molar-refractivity contribution in [2.75, 3.05) is 0 Å². The van der Waals surface area contributed by atoms with Crippen LogP contribution in [0.25, 0.3) is 0 Å². The third-order valence-corrected chi connectivity index (χ3v) is 0. The first-order chi connectivity index (χ1) is 1.73. The van der Waals surface area contributed by atoms with E-state index in [4.69, 9.17) is 0 Å². The fourth-order valence-electron chi connectivity index (χ4n) is 0. The zero-order chi connectivity index (χ0) is 3.58. The van der Waals surface area contributed by atoms with E-state index < -0.39 is 0 Å². The van der Waals surface area contributed by atoms with Crippen LogP contribution in [0.2, 0.25) is 0 Å². The van der Waals surface area contributed by atoms with Crippen molar-refractivity contribution >= 4 is 41.0 Å². The third-order valence-electron chi connectivity index (χ3n) is 0. The van der Waals surface area contributed by atoms with Gasteiger partial charge in [0.05, 0.1) is 0 Å². The van der Waals surface area contributed by atoms with E-state index in [2.05, 4.69) is 37.5 Å². The summed E-state index contributed by atoms with van der Waals surface area (Å²) >= 11 is 12.5. The van der Waals surface area contributed by atoms with Crippen LogP contribution in [0.5, 0.6) is 0 Å². The van der Waals surface area contributed by atoms with Crippen LogP contribution in [0, 0.1) is 0 Å². The van der Waals surface area contributed by atoms with E-state index in [1.807, 2.05) is 0 Å². The van der Waals surface area contributed by atoms with Crippen LogP contribution in [0.15, 0.2) is 0 Å². The van der Waals surface area contributed by atoms with E-state index >= 15 is 0 Å². The average Bonchev–Trinajstić information content (AvgIpc) is 0.811. The van der Waals surface area contributed by atoms with E-state index in [9.17, 15) is 0 Å². The first kappa shape index (κ1) is 9.41. The second-order valence-electron chi connectivity index (χ2n) is 0.250. The van der Waals surface area contributed by atoms with Crippen LogP contribution in [0.3, 0.4) is 0 Å². The van der Waals surface area contributed by atoms with Crippen LogP contribution in [0.4, 0.5) is 0 Å². The van der Waals surface area contributed by atoms with Crippen molar-refractivity contribution in [3.8, 4) is 0 Å². The van der Waals surface area contributed by atoms with E-state index in [0.29, 0.717) is 0 Å². The largest absolute Gasteiger partial charge is 2.00 e. The summed E-state index contributed by atoms with van der Waals surface area (Å²) in [4.78, 5) is 0. The molecule has 4 heteroatoms. The molecule has 0 spiro atoms. The summed E-state index contributed by atoms with van der Waals surface area (Å²) in [5.74, 6) is 0. The minimum atomic E-state index is 0. The van der Waals surface area contributed by atoms with Crippen LogP contribution >= 0.6 is 12.2 Å². The minimum Gasteiger partial charge on any atom is -0.570 e. The van der Waals surface area contributed by atoms with Crippen molar-refractivity contribution in [2.45, 2.75) is 0 Å². The topological polar surface area (TPSA) is 0 Å². The Morgan fingerprint density at radius 3 is 1.40 bits per heavy atom. The van der Waals surface area contributed by atoms with Gasteiger partial charge in [0.15, 0.2) is 0 Å². The van der Waals surface area contributed by atoms with Crippen molar-refractivity contribution in [3.05, 3.63) is 0 Å². The van der Waals surface area contributed by atoms with Crippen molar-refractivity contribution < 1.29 is 17.1 Å². The Bertz CT molecular complexity index is 29.9. The molecule has 0 N–H and O–H groups in total. The van der Waals surface area contributed by atoms with Gasteiger partial charge >= 0.3 is 17.1 Å². The summed E-state index contributed by atoms with van der Waals surface area (Å²) in [6.45, 7) is 0. The maximum atomic E-state index is 4.17. The first-order valence-corrected chi connectivity index (χ1v) is 1.84. The molecule has 0 radical (unpaired) electrons. The molecule has 0 aliphatic carbocycles. The normalized spacial score (nSPS) is 4.80. The molecule has 0 atom stereocenters. The number of hydrogen-bond donors (Lipinski definition) is 0. The Labute approximate surface area is 58.0 Å². The van der Waals surface area contributed by atoms with Gasteiger partial charge in [-0.1, -0.05) is 0 Å². The fraction of sp³-hybridized carbons (Fsp3) is 0. The molecular weight excluding hydrogens is 164 g/mol. The summed E-state index contributed by atoms with van der Waals surface area (Å²) in [5.41, 5.74) is 0. The summed E-state index contributed by atoms with van der Waals surface area (Å²) in [5, 5.41) is 0. The van der Waals surface area contributed by atoms with Gasteiger partial charge in [0.25, 0.3) is 0 Å². The van der Waals surface area contributed by atoms with E-state index in [-0.39, 0.29) is 20.6 Å². The zero-order valence-corrected chi connectivity index (χ0v) is 5.63. The van der Waals surface area contributed by atoms with Crippen molar-refractivity contribution in [2.24, 2.45) is 0 Å². The van der Waals surface area contributed by atoms with Gasteiger partial charge in [0, 0.05) is 0 Å². The quantitative estimate of drug-likeness (QED) is 0.288. The summed E-state index contributed by atoms with van der Waals surface area (Å²) in [6.07, 6.45) is 0. The molecule has 0 nitrogen and oxygen atoms in total. The summed E-state index contributed by atoms with van der Waals surface area (Å²) < 4.78 is 0.167. The maximum Gasteiger partial charge on any atom is 2.00 e. The smallest absolute Gasteiger partial charge is 0.570 e. The second-order valence-corrected chi connectivity index (χ2v) is 2.25. The Balaban J connectivity index is 0. The maximum absolute atomic E-state index is 4.17. The predicted molar refractivity (Wildman–Crippen MR) is 27.3 cm³/mol. The van der Waals surface area contributed by atoms with Gasteiger partial charge in [-0.3, -0.25) is 3.53 Å². The van der Waals surface area contributed by atoms with E-state index in [0.717, 1.165) is 0 Å². The standard InChI is InChI=1S/CH2S3.Fe/c2-1(3)4;/h(H2,2,3,4);/q;+2/p-2. The Morgan fingerprint density at radius 1 is 1.40 bits per heavy atom. The van der Waals surface area contributed by atoms with Crippen molar-refractivity contribution in [1.29, 1.82) is 0 Å². The van der Waals surface area contributed by atoms with Gasteiger partial charge in [-0.15, -0.1) is 0 Å². The zero-order valence-electron chi connectivity index (χ0n) is 2.08. The van der Waals surface area contributed by atoms with E-state index in [1.165, 1.54) is 0 Å². The molecule has 5 heavy (non-hydrogen) atoms. The molecule has 30 valence electrons. The van der Waals surface area contributed by atoms with Gasteiger partial charge in [-0.25, -0.2) is 0 Å². The van der Waals surface area contributed by atoms with Gasteiger partial charge in [-0.05, 0) is 0 Å². The molecule has 0 bridgehead atoms. The Hall–Kier alpha value is 1.05. The Kier molecular flexibility index (Phi) is 9.50. The molecular formula is CFeS3. The molecule has 0 aliphatic rings. The first-order valence-electron chi connectivity index (χ1n) is 0.612. The molecule has 0 unspecified atom stereocenters.